The first-order chi connectivity index (χ1) is 29.6. The Balaban J connectivity index is 1.04. The number of rotatable bonds is 17. The number of aromatic amines is 1. The summed E-state index contributed by atoms with van der Waals surface area (Å²) in [6.45, 7) is 3.54. The summed E-state index contributed by atoms with van der Waals surface area (Å²) in [5.41, 5.74) is 8.92. The Kier molecular flexibility index (Phi) is 12.8. The maximum atomic E-state index is 13.0. The summed E-state index contributed by atoms with van der Waals surface area (Å²) >= 11 is 3.50. The van der Waals surface area contributed by atoms with Gasteiger partial charge in [-0.2, -0.15) is 5.10 Å². The van der Waals surface area contributed by atoms with Crippen molar-refractivity contribution in [1.82, 2.24) is 35.7 Å². The van der Waals surface area contributed by atoms with Crippen molar-refractivity contribution in [1.29, 1.82) is 0 Å². The fraction of sp³-hybridized carbons (Fsp3) is 0.180. The SMILES string of the molecule is CCOC(=O)c1c(C(CCNCc2ccc(-c3ccccc3-c3nnnn3C(c3ccccc3)(c3ccccc3)c3ccccc3)cc2)CCc2ccccc2)n[nH]c1Br. The number of nitrogens with zero attached hydrogens (tertiary/aromatic N) is 5. The van der Waals surface area contributed by atoms with E-state index in [4.69, 9.17) is 15.0 Å². The molecule has 6 aromatic carbocycles. The van der Waals surface area contributed by atoms with Crippen LogP contribution in [-0.4, -0.2) is 49.5 Å². The highest BCUT2D eigenvalue weighted by atomic mass is 79.9. The predicted octanol–water partition coefficient (Wildman–Crippen LogP) is 10.4. The molecule has 10 heteroatoms. The molecule has 1 atom stereocenters. The lowest BCUT2D eigenvalue weighted by Crippen LogP contribution is -2.39. The zero-order valence-corrected chi connectivity index (χ0v) is 35.0. The number of halogens is 1. The van der Waals surface area contributed by atoms with Crippen LogP contribution >= 0.6 is 15.9 Å². The van der Waals surface area contributed by atoms with Gasteiger partial charge >= 0.3 is 5.97 Å². The van der Waals surface area contributed by atoms with Gasteiger partial charge in [0.2, 0.25) is 0 Å². The minimum Gasteiger partial charge on any atom is -0.462 e. The molecule has 60 heavy (non-hydrogen) atoms. The molecule has 0 aliphatic carbocycles. The second-order valence-corrected chi connectivity index (χ2v) is 15.5. The number of ether oxygens (including phenoxy) is 1. The number of benzene rings is 6. The summed E-state index contributed by atoms with van der Waals surface area (Å²) in [5, 5.41) is 25.1. The average molecular weight is 857 g/mol. The second-order valence-electron chi connectivity index (χ2n) is 14.7. The lowest BCUT2D eigenvalue weighted by molar-refractivity contribution is 0.0523. The molecule has 0 spiro atoms. The maximum Gasteiger partial charge on any atom is 0.342 e. The first kappa shape index (κ1) is 40.3. The van der Waals surface area contributed by atoms with Crippen LogP contribution in [0, 0.1) is 0 Å². The summed E-state index contributed by atoms with van der Waals surface area (Å²) in [6.07, 6.45) is 2.52. The highest BCUT2D eigenvalue weighted by molar-refractivity contribution is 9.10. The molecule has 0 radical (unpaired) electrons. The molecule has 8 rings (SSSR count). The molecule has 9 nitrogen and oxygen atoms in total. The Bertz CT molecular complexity index is 2500. The largest absolute Gasteiger partial charge is 0.462 e. The van der Waals surface area contributed by atoms with Gasteiger partial charge in [0.15, 0.2) is 5.82 Å². The molecule has 0 aliphatic heterocycles. The van der Waals surface area contributed by atoms with E-state index in [1.807, 2.05) is 41.9 Å². The van der Waals surface area contributed by atoms with Gasteiger partial charge in [-0.05, 0) is 98.0 Å². The van der Waals surface area contributed by atoms with E-state index in [-0.39, 0.29) is 11.9 Å². The quantitative estimate of drug-likeness (QED) is 0.0533. The van der Waals surface area contributed by atoms with Crippen LogP contribution in [0.15, 0.2) is 174 Å². The van der Waals surface area contributed by atoms with Crippen molar-refractivity contribution in [3.05, 3.63) is 214 Å². The molecular formula is C50H46BrN7O2. The summed E-state index contributed by atoms with van der Waals surface area (Å²) in [5.74, 6) is 0.330. The first-order valence-electron chi connectivity index (χ1n) is 20.4. The van der Waals surface area contributed by atoms with E-state index >= 15 is 0 Å². The highest BCUT2D eigenvalue weighted by Crippen LogP contribution is 2.43. The Labute approximate surface area is 359 Å². The standard InChI is InChI=1S/C50H46BrN7O2/c1-2-60-49(59)45-46(53-54-47(45)51)39(32-27-36-17-7-3-8-18-36)33-34-52-35-37-28-30-38(31-29-37)43-25-15-16-26-44(43)48-55-56-57-58(48)50(40-19-9-4-10-20-40,41-21-11-5-12-22-41)42-23-13-6-14-24-42/h3-26,28-31,39,52H,2,27,32-35H2,1H3,(H,53,54). The summed E-state index contributed by atoms with van der Waals surface area (Å²) in [6, 6.07) is 58.8. The molecule has 8 aromatic rings. The van der Waals surface area contributed by atoms with E-state index in [1.54, 1.807) is 0 Å². The van der Waals surface area contributed by atoms with Gasteiger partial charge < -0.3 is 10.1 Å². The molecule has 0 saturated heterocycles. The van der Waals surface area contributed by atoms with Crippen molar-refractivity contribution in [2.75, 3.05) is 13.2 Å². The van der Waals surface area contributed by atoms with Gasteiger partial charge in [0.05, 0.1) is 12.3 Å². The molecule has 300 valence electrons. The van der Waals surface area contributed by atoms with E-state index < -0.39 is 5.54 Å². The number of carbonyl (C=O) groups is 1. The van der Waals surface area contributed by atoms with Gasteiger partial charge in [0.1, 0.15) is 15.7 Å². The van der Waals surface area contributed by atoms with E-state index in [0.717, 1.165) is 70.4 Å². The predicted molar refractivity (Wildman–Crippen MR) is 239 cm³/mol. The van der Waals surface area contributed by atoms with Crippen LogP contribution in [0.5, 0.6) is 0 Å². The molecule has 0 amide bonds. The monoisotopic (exact) mass is 855 g/mol. The molecular weight excluding hydrogens is 811 g/mol. The smallest absolute Gasteiger partial charge is 0.342 e. The minimum atomic E-state index is -0.861. The third-order valence-electron chi connectivity index (χ3n) is 11.0. The molecule has 0 aliphatic rings. The van der Waals surface area contributed by atoms with Crippen molar-refractivity contribution < 1.29 is 9.53 Å². The van der Waals surface area contributed by atoms with Gasteiger partial charge in [-0.3, -0.25) is 5.10 Å². The number of hydrogen-bond acceptors (Lipinski definition) is 7. The first-order valence-corrected chi connectivity index (χ1v) is 21.2. The number of carbonyl (C=O) groups excluding carboxylic acids is 1. The number of aromatic nitrogens is 6. The Morgan fingerprint density at radius 2 is 1.28 bits per heavy atom. The fourth-order valence-electron chi connectivity index (χ4n) is 8.16. The van der Waals surface area contributed by atoms with Crippen molar-refractivity contribution in [3.8, 4) is 22.5 Å². The van der Waals surface area contributed by atoms with Gasteiger partial charge in [0, 0.05) is 18.0 Å². The van der Waals surface area contributed by atoms with Gasteiger partial charge in [-0.25, -0.2) is 9.48 Å². The number of hydrogen-bond donors (Lipinski definition) is 2. The minimum absolute atomic E-state index is 0.0412. The van der Waals surface area contributed by atoms with E-state index in [2.05, 4.69) is 176 Å². The summed E-state index contributed by atoms with van der Waals surface area (Å²) < 4.78 is 7.93. The Hall–Kier alpha value is -6.49. The van der Waals surface area contributed by atoms with Crippen molar-refractivity contribution >= 4 is 21.9 Å². The third kappa shape index (κ3) is 8.48. The van der Waals surface area contributed by atoms with E-state index in [1.165, 1.54) is 5.56 Å². The number of esters is 1. The van der Waals surface area contributed by atoms with Crippen molar-refractivity contribution in [2.45, 2.75) is 44.2 Å². The summed E-state index contributed by atoms with van der Waals surface area (Å²) in [7, 11) is 0. The molecule has 0 bridgehead atoms. The zero-order chi connectivity index (χ0) is 41.2. The lowest BCUT2D eigenvalue weighted by atomic mass is 9.77. The van der Waals surface area contributed by atoms with Crippen LogP contribution in [0.4, 0.5) is 0 Å². The topological polar surface area (TPSA) is 111 Å². The maximum absolute atomic E-state index is 13.0. The van der Waals surface area contributed by atoms with Crippen LogP contribution in [0.3, 0.4) is 0 Å². The number of aryl methyl sites for hydroxylation is 1. The van der Waals surface area contributed by atoms with Crippen LogP contribution in [0.1, 0.15) is 69.6 Å². The molecule has 2 aromatic heterocycles. The number of H-pyrrole nitrogens is 1. The van der Waals surface area contributed by atoms with Crippen molar-refractivity contribution in [2.24, 2.45) is 0 Å². The molecule has 0 fully saturated rings. The lowest BCUT2D eigenvalue weighted by Gasteiger charge is -2.36. The average Bonchev–Trinajstić information content (AvgIpc) is 3.95. The number of tetrazole rings is 1. The van der Waals surface area contributed by atoms with Crippen LogP contribution < -0.4 is 5.32 Å². The van der Waals surface area contributed by atoms with Gasteiger partial charge in [0.25, 0.3) is 0 Å². The fourth-order valence-corrected chi connectivity index (χ4v) is 8.61. The van der Waals surface area contributed by atoms with Crippen LogP contribution in [0.2, 0.25) is 0 Å². The van der Waals surface area contributed by atoms with Crippen LogP contribution in [-0.2, 0) is 23.2 Å². The zero-order valence-electron chi connectivity index (χ0n) is 33.4. The second kappa shape index (κ2) is 19.1. The van der Waals surface area contributed by atoms with Gasteiger partial charge in [-0.1, -0.05) is 170 Å². The normalized spacial score (nSPS) is 12.0. The van der Waals surface area contributed by atoms with Gasteiger partial charge in [-0.15, -0.1) is 5.10 Å². The van der Waals surface area contributed by atoms with Crippen LogP contribution in [0.25, 0.3) is 22.5 Å². The van der Waals surface area contributed by atoms with E-state index in [9.17, 15) is 4.79 Å². The molecule has 2 N–H and O–H groups in total. The number of nitrogens with one attached hydrogen (secondary N) is 2. The third-order valence-corrected chi connectivity index (χ3v) is 11.6. The highest BCUT2D eigenvalue weighted by Gasteiger charge is 2.42. The Morgan fingerprint density at radius 3 is 1.88 bits per heavy atom. The van der Waals surface area contributed by atoms with Crippen molar-refractivity contribution in [3.63, 3.8) is 0 Å². The molecule has 0 saturated carbocycles. The molecule has 1 unspecified atom stereocenters. The Morgan fingerprint density at radius 1 is 0.717 bits per heavy atom. The summed E-state index contributed by atoms with van der Waals surface area (Å²) in [4.78, 5) is 13.0. The molecule has 2 heterocycles. The van der Waals surface area contributed by atoms with E-state index in [0.29, 0.717) is 29.1 Å².